The van der Waals surface area contributed by atoms with Gasteiger partial charge < -0.3 is 4.90 Å². The molecule has 1 aliphatic heterocycles. The maximum absolute atomic E-state index is 9.51. The monoisotopic (exact) mass is 243 g/mol. The first kappa shape index (κ1) is 13.1. The molecule has 1 unspecified atom stereocenters. The van der Waals surface area contributed by atoms with Crippen LogP contribution in [0.15, 0.2) is 18.2 Å². The lowest BCUT2D eigenvalue weighted by atomic mass is 9.98. The highest BCUT2D eigenvalue weighted by Gasteiger charge is 2.24. The van der Waals surface area contributed by atoms with Crippen molar-refractivity contribution in [3.63, 3.8) is 0 Å². The van der Waals surface area contributed by atoms with Crippen molar-refractivity contribution in [1.82, 2.24) is 9.80 Å². The van der Waals surface area contributed by atoms with Gasteiger partial charge in [0, 0.05) is 26.2 Å². The molecule has 1 aliphatic rings. The molecule has 2 rings (SSSR count). The van der Waals surface area contributed by atoms with Gasteiger partial charge in [0.05, 0.1) is 6.07 Å². The Balaban J connectivity index is 2.23. The van der Waals surface area contributed by atoms with Crippen molar-refractivity contribution in [3.8, 4) is 6.07 Å². The van der Waals surface area contributed by atoms with E-state index < -0.39 is 0 Å². The molecule has 1 saturated heterocycles. The molecule has 0 bridgehead atoms. The van der Waals surface area contributed by atoms with Crippen molar-refractivity contribution in [3.05, 3.63) is 34.9 Å². The number of aryl methyl sites for hydroxylation is 2. The van der Waals surface area contributed by atoms with Crippen molar-refractivity contribution in [2.45, 2.75) is 19.9 Å². The minimum atomic E-state index is -0.0985. The van der Waals surface area contributed by atoms with Crippen molar-refractivity contribution < 1.29 is 0 Å². The molecule has 0 amide bonds. The summed E-state index contributed by atoms with van der Waals surface area (Å²) in [6.07, 6.45) is 0. The summed E-state index contributed by atoms with van der Waals surface area (Å²) in [7, 11) is 2.14. The Morgan fingerprint density at radius 2 is 1.83 bits per heavy atom. The molecule has 1 aromatic rings. The van der Waals surface area contributed by atoms with Crippen LogP contribution in [0, 0.1) is 25.2 Å². The van der Waals surface area contributed by atoms with Crippen LogP contribution in [-0.2, 0) is 0 Å². The molecular weight excluding hydrogens is 222 g/mol. The second-order valence-electron chi connectivity index (χ2n) is 5.23. The van der Waals surface area contributed by atoms with Crippen LogP contribution in [0.3, 0.4) is 0 Å². The summed E-state index contributed by atoms with van der Waals surface area (Å²) in [5, 5.41) is 9.51. The highest BCUT2D eigenvalue weighted by atomic mass is 15.3. The van der Waals surface area contributed by atoms with E-state index in [1.165, 1.54) is 16.7 Å². The topological polar surface area (TPSA) is 30.3 Å². The van der Waals surface area contributed by atoms with Crippen LogP contribution in [0.1, 0.15) is 22.7 Å². The van der Waals surface area contributed by atoms with Gasteiger partial charge in [0.15, 0.2) is 0 Å². The maximum Gasteiger partial charge on any atom is 0.124 e. The molecule has 3 heteroatoms. The zero-order valence-electron chi connectivity index (χ0n) is 11.5. The predicted molar refractivity (Wildman–Crippen MR) is 73.3 cm³/mol. The summed E-state index contributed by atoms with van der Waals surface area (Å²) in [6.45, 7) is 8.22. The van der Waals surface area contributed by atoms with E-state index in [1.54, 1.807) is 0 Å². The van der Waals surface area contributed by atoms with E-state index in [4.69, 9.17) is 0 Å². The summed E-state index contributed by atoms with van der Waals surface area (Å²) in [4.78, 5) is 4.61. The van der Waals surface area contributed by atoms with Crippen LogP contribution in [0.5, 0.6) is 0 Å². The number of benzene rings is 1. The Labute approximate surface area is 110 Å². The second kappa shape index (κ2) is 5.51. The fourth-order valence-corrected chi connectivity index (χ4v) is 2.48. The molecule has 18 heavy (non-hydrogen) atoms. The van der Waals surface area contributed by atoms with Gasteiger partial charge in [0.2, 0.25) is 0 Å². The molecular formula is C15H21N3. The average molecular weight is 243 g/mol. The lowest BCUT2D eigenvalue weighted by molar-refractivity contribution is 0.132. The molecule has 1 atom stereocenters. The number of likely N-dealkylation sites (N-methyl/N-ethyl adjacent to an activating group) is 1. The minimum Gasteiger partial charge on any atom is -0.304 e. The van der Waals surface area contributed by atoms with Crippen molar-refractivity contribution in [2.75, 3.05) is 33.2 Å². The van der Waals surface area contributed by atoms with E-state index in [-0.39, 0.29) is 6.04 Å². The maximum atomic E-state index is 9.51. The largest absolute Gasteiger partial charge is 0.304 e. The van der Waals surface area contributed by atoms with E-state index in [1.807, 2.05) is 0 Å². The van der Waals surface area contributed by atoms with Crippen LogP contribution < -0.4 is 0 Å². The van der Waals surface area contributed by atoms with Gasteiger partial charge in [-0.05, 0) is 32.0 Å². The van der Waals surface area contributed by atoms with Crippen LogP contribution in [-0.4, -0.2) is 43.0 Å². The third-order valence-corrected chi connectivity index (χ3v) is 3.75. The summed E-state index contributed by atoms with van der Waals surface area (Å²) in [5.74, 6) is 0. The van der Waals surface area contributed by atoms with E-state index in [2.05, 4.69) is 55.0 Å². The molecule has 1 heterocycles. The summed E-state index contributed by atoms with van der Waals surface area (Å²) in [5.41, 5.74) is 3.61. The third-order valence-electron chi connectivity index (χ3n) is 3.75. The zero-order chi connectivity index (χ0) is 13.1. The lowest BCUT2D eigenvalue weighted by Gasteiger charge is -2.35. The normalized spacial score (nSPS) is 19.4. The Hall–Kier alpha value is -1.37. The van der Waals surface area contributed by atoms with Crippen molar-refractivity contribution in [2.24, 2.45) is 0 Å². The Morgan fingerprint density at radius 3 is 2.44 bits per heavy atom. The third kappa shape index (κ3) is 2.72. The van der Waals surface area contributed by atoms with Crippen LogP contribution in [0.2, 0.25) is 0 Å². The fraction of sp³-hybridized carbons (Fsp3) is 0.533. The van der Waals surface area contributed by atoms with Gasteiger partial charge in [-0.15, -0.1) is 0 Å². The van der Waals surface area contributed by atoms with E-state index >= 15 is 0 Å². The smallest absolute Gasteiger partial charge is 0.124 e. The number of nitrogens with zero attached hydrogens (tertiary/aromatic N) is 3. The van der Waals surface area contributed by atoms with Gasteiger partial charge >= 0.3 is 0 Å². The Bertz CT molecular complexity index is 453. The molecule has 3 nitrogen and oxygen atoms in total. The molecule has 0 aliphatic carbocycles. The number of rotatable bonds is 2. The predicted octanol–water partition coefficient (Wildman–Crippen LogP) is 2.12. The highest BCUT2D eigenvalue weighted by Crippen LogP contribution is 2.25. The minimum absolute atomic E-state index is 0.0985. The summed E-state index contributed by atoms with van der Waals surface area (Å²) >= 11 is 0. The van der Waals surface area contributed by atoms with Crippen LogP contribution >= 0.6 is 0 Å². The molecule has 0 spiro atoms. The van der Waals surface area contributed by atoms with Gasteiger partial charge in [-0.1, -0.05) is 23.8 Å². The average Bonchev–Trinajstić information content (AvgIpc) is 2.37. The standard InChI is InChI=1S/C15H21N3/c1-12-4-5-13(2)14(10-12)15(11-16)18-8-6-17(3)7-9-18/h4-5,10,15H,6-9H2,1-3H3. The van der Waals surface area contributed by atoms with Crippen molar-refractivity contribution in [1.29, 1.82) is 5.26 Å². The Morgan fingerprint density at radius 1 is 1.17 bits per heavy atom. The second-order valence-corrected chi connectivity index (χ2v) is 5.23. The molecule has 1 aromatic carbocycles. The first-order valence-corrected chi connectivity index (χ1v) is 6.51. The fourth-order valence-electron chi connectivity index (χ4n) is 2.48. The van der Waals surface area contributed by atoms with E-state index in [9.17, 15) is 5.26 Å². The summed E-state index contributed by atoms with van der Waals surface area (Å²) < 4.78 is 0. The van der Waals surface area contributed by atoms with Crippen LogP contribution in [0.25, 0.3) is 0 Å². The molecule has 96 valence electrons. The number of hydrogen-bond donors (Lipinski definition) is 0. The van der Waals surface area contributed by atoms with E-state index in [0.29, 0.717) is 0 Å². The molecule has 0 N–H and O–H groups in total. The van der Waals surface area contributed by atoms with Gasteiger partial charge in [-0.2, -0.15) is 5.26 Å². The molecule has 0 aromatic heterocycles. The highest BCUT2D eigenvalue weighted by molar-refractivity contribution is 5.35. The van der Waals surface area contributed by atoms with Crippen molar-refractivity contribution >= 4 is 0 Å². The van der Waals surface area contributed by atoms with Crippen LogP contribution in [0.4, 0.5) is 0 Å². The number of piperazine rings is 1. The molecule has 1 fully saturated rings. The first-order chi connectivity index (χ1) is 8.61. The number of hydrogen-bond acceptors (Lipinski definition) is 3. The SMILES string of the molecule is Cc1ccc(C)c(C(C#N)N2CCN(C)CC2)c1. The van der Waals surface area contributed by atoms with E-state index in [0.717, 1.165) is 26.2 Å². The first-order valence-electron chi connectivity index (χ1n) is 6.51. The van der Waals surface area contributed by atoms with Gasteiger partial charge in [-0.25, -0.2) is 0 Å². The lowest BCUT2D eigenvalue weighted by Crippen LogP contribution is -2.45. The van der Waals surface area contributed by atoms with Gasteiger partial charge in [0.1, 0.15) is 6.04 Å². The Kier molecular flexibility index (Phi) is 4.00. The van der Waals surface area contributed by atoms with Gasteiger partial charge in [-0.3, -0.25) is 4.90 Å². The quantitative estimate of drug-likeness (QED) is 0.797. The number of nitriles is 1. The molecule has 0 saturated carbocycles. The zero-order valence-corrected chi connectivity index (χ0v) is 11.5. The summed E-state index contributed by atoms with van der Waals surface area (Å²) in [6, 6.07) is 8.76. The van der Waals surface area contributed by atoms with Gasteiger partial charge in [0.25, 0.3) is 0 Å². The molecule has 0 radical (unpaired) electrons.